The van der Waals surface area contributed by atoms with E-state index in [4.69, 9.17) is 16.3 Å². The Hall–Kier alpha value is -2.28. The quantitative estimate of drug-likeness (QED) is 0.777. The van der Waals surface area contributed by atoms with Gasteiger partial charge in [-0.25, -0.2) is 9.59 Å². The molecule has 1 saturated heterocycles. The van der Waals surface area contributed by atoms with Gasteiger partial charge in [0.2, 0.25) is 0 Å². The summed E-state index contributed by atoms with van der Waals surface area (Å²) in [5.41, 5.74) is 0.550. The molecule has 0 aliphatic carbocycles. The van der Waals surface area contributed by atoms with Crippen LogP contribution >= 0.6 is 11.6 Å². The Bertz CT molecular complexity index is 707. The van der Waals surface area contributed by atoms with Gasteiger partial charge in [-0.2, -0.15) is 0 Å². The van der Waals surface area contributed by atoms with Crippen molar-refractivity contribution < 1.29 is 24.2 Å². The number of carboxylic acid groups (broad SMARTS) is 1. The first kappa shape index (κ1) is 20.0. The molecule has 1 heterocycles. The maximum Gasteiger partial charge on any atom is 0.338 e. The Morgan fingerprint density at radius 3 is 2.62 bits per heavy atom. The molecule has 8 heteroatoms. The minimum atomic E-state index is -0.911. The van der Waals surface area contributed by atoms with Crippen molar-refractivity contribution in [3.63, 3.8) is 0 Å². The fourth-order valence-corrected chi connectivity index (χ4v) is 3.09. The summed E-state index contributed by atoms with van der Waals surface area (Å²) in [4.78, 5) is 37.3. The SMILES string of the molecule is CC1CC(C(=O)O)CN(C(=O)Nc2cc(C(=O)OC(C)C)ccc2Cl)C1. The second kappa shape index (κ2) is 8.40. The van der Waals surface area contributed by atoms with Gasteiger partial charge in [0.25, 0.3) is 0 Å². The van der Waals surface area contributed by atoms with Crippen molar-refractivity contribution in [1.82, 2.24) is 4.90 Å². The predicted octanol–water partition coefficient (Wildman–Crippen LogP) is 3.48. The summed E-state index contributed by atoms with van der Waals surface area (Å²) in [6.45, 7) is 5.99. The number of aliphatic carboxylic acids is 1. The number of nitrogens with zero attached hydrogens (tertiary/aromatic N) is 1. The maximum atomic E-state index is 12.5. The van der Waals surface area contributed by atoms with E-state index in [-0.39, 0.29) is 34.8 Å². The number of ether oxygens (including phenoxy) is 1. The van der Waals surface area contributed by atoms with Gasteiger partial charge in [-0.1, -0.05) is 18.5 Å². The average Bonchev–Trinajstić information content (AvgIpc) is 2.55. The molecule has 0 saturated carbocycles. The Morgan fingerprint density at radius 2 is 2.00 bits per heavy atom. The average molecular weight is 383 g/mol. The number of rotatable bonds is 4. The number of nitrogens with one attached hydrogen (secondary N) is 1. The molecule has 142 valence electrons. The lowest BCUT2D eigenvalue weighted by Gasteiger charge is -2.34. The first-order valence-corrected chi connectivity index (χ1v) is 8.84. The number of hydrogen-bond acceptors (Lipinski definition) is 4. The Kier molecular flexibility index (Phi) is 6.47. The highest BCUT2D eigenvalue weighted by molar-refractivity contribution is 6.33. The van der Waals surface area contributed by atoms with Gasteiger partial charge in [-0.3, -0.25) is 4.79 Å². The summed E-state index contributed by atoms with van der Waals surface area (Å²) in [5.74, 6) is -1.93. The Morgan fingerprint density at radius 1 is 1.31 bits per heavy atom. The van der Waals surface area contributed by atoms with Crippen LogP contribution in [0.15, 0.2) is 18.2 Å². The molecule has 1 aromatic carbocycles. The molecule has 0 radical (unpaired) electrons. The number of carboxylic acids is 1. The van der Waals surface area contributed by atoms with Crippen LogP contribution in [0.3, 0.4) is 0 Å². The number of benzene rings is 1. The molecule has 2 atom stereocenters. The smallest absolute Gasteiger partial charge is 0.338 e. The molecule has 0 bridgehead atoms. The number of esters is 1. The minimum absolute atomic E-state index is 0.0819. The Labute approximate surface area is 157 Å². The molecule has 2 unspecified atom stereocenters. The zero-order valence-corrected chi connectivity index (χ0v) is 15.7. The number of urea groups is 1. The lowest BCUT2D eigenvalue weighted by molar-refractivity contribution is -0.143. The number of likely N-dealkylation sites (tertiary alicyclic amines) is 1. The van der Waals surface area contributed by atoms with E-state index in [9.17, 15) is 19.5 Å². The molecule has 1 aliphatic rings. The van der Waals surface area contributed by atoms with Crippen molar-refractivity contribution >= 4 is 35.3 Å². The van der Waals surface area contributed by atoms with Crippen LogP contribution in [-0.2, 0) is 9.53 Å². The van der Waals surface area contributed by atoms with E-state index in [1.54, 1.807) is 13.8 Å². The van der Waals surface area contributed by atoms with Crippen LogP contribution in [0.25, 0.3) is 0 Å². The fourth-order valence-electron chi connectivity index (χ4n) is 2.92. The summed E-state index contributed by atoms with van der Waals surface area (Å²) in [7, 11) is 0. The highest BCUT2D eigenvalue weighted by Crippen LogP contribution is 2.26. The second-order valence-corrected chi connectivity index (χ2v) is 7.27. The van der Waals surface area contributed by atoms with Crippen LogP contribution in [0.1, 0.15) is 37.6 Å². The van der Waals surface area contributed by atoms with Gasteiger partial charge in [-0.05, 0) is 44.4 Å². The highest BCUT2D eigenvalue weighted by atomic mass is 35.5. The number of carbonyl (C=O) groups excluding carboxylic acids is 2. The number of amides is 2. The van der Waals surface area contributed by atoms with Gasteiger partial charge in [0, 0.05) is 13.1 Å². The first-order valence-electron chi connectivity index (χ1n) is 8.46. The maximum absolute atomic E-state index is 12.5. The number of hydrogen-bond donors (Lipinski definition) is 2. The Balaban J connectivity index is 2.13. The van der Waals surface area contributed by atoms with E-state index in [0.29, 0.717) is 13.0 Å². The van der Waals surface area contributed by atoms with E-state index in [2.05, 4.69) is 5.32 Å². The number of carbonyl (C=O) groups is 3. The molecule has 26 heavy (non-hydrogen) atoms. The monoisotopic (exact) mass is 382 g/mol. The number of anilines is 1. The molecule has 1 aliphatic heterocycles. The van der Waals surface area contributed by atoms with E-state index in [1.165, 1.54) is 23.1 Å². The number of piperidine rings is 1. The van der Waals surface area contributed by atoms with Crippen LogP contribution in [-0.4, -0.2) is 47.2 Å². The van der Waals surface area contributed by atoms with E-state index in [0.717, 1.165) is 0 Å². The summed E-state index contributed by atoms with van der Waals surface area (Å²) in [6.07, 6.45) is 0.273. The fraction of sp³-hybridized carbons (Fsp3) is 0.500. The molecule has 7 nitrogen and oxygen atoms in total. The van der Waals surface area contributed by atoms with Crippen LogP contribution in [0.5, 0.6) is 0 Å². The van der Waals surface area contributed by atoms with Crippen LogP contribution in [0, 0.1) is 11.8 Å². The van der Waals surface area contributed by atoms with E-state index in [1.807, 2.05) is 6.92 Å². The summed E-state index contributed by atoms with van der Waals surface area (Å²) < 4.78 is 5.14. The van der Waals surface area contributed by atoms with Gasteiger partial charge in [0.1, 0.15) is 0 Å². The largest absolute Gasteiger partial charge is 0.481 e. The van der Waals surface area contributed by atoms with Crippen LogP contribution in [0.2, 0.25) is 5.02 Å². The van der Waals surface area contributed by atoms with Crippen molar-refractivity contribution in [2.45, 2.75) is 33.3 Å². The van der Waals surface area contributed by atoms with Crippen molar-refractivity contribution in [2.75, 3.05) is 18.4 Å². The van der Waals surface area contributed by atoms with Crippen molar-refractivity contribution in [1.29, 1.82) is 0 Å². The molecule has 0 aromatic heterocycles. The van der Waals surface area contributed by atoms with Gasteiger partial charge >= 0.3 is 18.0 Å². The van der Waals surface area contributed by atoms with Crippen LogP contribution < -0.4 is 5.32 Å². The molecule has 2 N–H and O–H groups in total. The minimum Gasteiger partial charge on any atom is -0.481 e. The molecule has 1 aromatic rings. The second-order valence-electron chi connectivity index (χ2n) is 6.86. The van der Waals surface area contributed by atoms with E-state index >= 15 is 0 Å². The summed E-state index contributed by atoms with van der Waals surface area (Å²) in [6, 6.07) is 4.03. The van der Waals surface area contributed by atoms with Crippen LogP contribution in [0.4, 0.5) is 10.5 Å². The lowest BCUT2D eigenvalue weighted by Crippen LogP contribution is -2.47. The zero-order chi connectivity index (χ0) is 19.4. The third-order valence-electron chi connectivity index (χ3n) is 4.08. The van der Waals surface area contributed by atoms with Gasteiger partial charge in [-0.15, -0.1) is 0 Å². The molecular formula is C18H23ClN2O5. The molecular weight excluding hydrogens is 360 g/mol. The van der Waals surface area contributed by atoms with Gasteiger partial charge in [0.05, 0.1) is 28.3 Å². The summed E-state index contributed by atoms with van der Waals surface area (Å²) >= 11 is 6.12. The third-order valence-corrected chi connectivity index (χ3v) is 4.41. The molecule has 2 amide bonds. The standard InChI is InChI=1S/C18H23ClN2O5/c1-10(2)26-17(24)12-4-5-14(19)15(7-12)20-18(25)21-8-11(3)6-13(9-21)16(22)23/h4-5,7,10-11,13H,6,8-9H2,1-3H3,(H,20,25)(H,22,23). The molecule has 0 spiro atoms. The third kappa shape index (κ3) is 5.11. The molecule has 1 fully saturated rings. The van der Waals surface area contributed by atoms with Gasteiger partial charge < -0.3 is 20.1 Å². The zero-order valence-electron chi connectivity index (χ0n) is 15.0. The van der Waals surface area contributed by atoms with Gasteiger partial charge in [0.15, 0.2) is 0 Å². The first-order chi connectivity index (χ1) is 12.2. The normalized spacial score (nSPS) is 20.0. The lowest BCUT2D eigenvalue weighted by atomic mass is 9.91. The van der Waals surface area contributed by atoms with Crippen molar-refractivity contribution in [3.8, 4) is 0 Å². The topological polar surface area (TPSA) is 95.9 Å². The van der Waals surface area contributed by atoms with E-state index < -0.39 is 23.9 Å². The highest BCUT2D eigenvalue weighted by Gasteiger charge is 2.32. The van der Waals surface area contributed by atoms with Crippen molar-refractivity contribution in [2.24, 2.45) is 11.8 Å². The molecule has 2 rings (SSSR count). The van der Waals surface area contributed by atoms with Crippen molar-refractivity contribution in [3.05, 3.63) is 28.8 Å². The number of halogens is 1. The predicted molar refractivity (Wildman–Crippen MR) is 97.5 cm³/mol. The summed E-state index contributed by atoms with van der Waals surface area (Å²) in [5, 5.41) is 12.2.